The number of aliphatic carboxylic acids is 1. The van der Waals surface area contributed by atoms with E-state index >= 15 is 0 Å². The molecular weight excluding hydrogens is 264 g/mol. The Hall–Kier alpha value is 0.951. The van der Waals surface area contributed by atoms with Crippen LogP contribution < -0.4 is 0 Å². The van der Waals surface area contributed by atoms with Crippen LogP contribution in [0.4, 0.5) is 0 Å². The standard InChI is InChI=1S/C12H24O2.Sr/c1-2-3-4-5-6-7-8-9-10-11-12(13)14;/h2-11H2,1H3,(H,13,14);. The molecule has 0 aliphatic carbocycles. The maximum atomic E-state index is 10.2. The Morgan fingerprint density at radius 1 is 0.867 bits per heavy atom. The number of hydrogen-bond acceptors (Lipinski definition) is 1. The summed E-state index contributed by atoms with van der Waals surface area (Å²) in [4.78, 5) is 10.2. The van der Waals surface area contributed by atoms with Gasteiger partial charge in [-0.05, 0) is 6.42 Å². The van der Waals surface area contributed by atoms with Crippen LogP contribution in [0.15, 0.2) is 0 Å². The van der Waals surface area contributed by atoms with E-state index < -0.39 is 5.97 Å². The first-order chi connectivity index (χ1) is 6.77. The Morgan fingerprint density at radius 3 is 1.67 bits per heavy atom. The molecule has 0 rings (SSSR count). The van der Waals surface area contributed by atoms with Gasteiger partial charge in [0, 0.05) is 51.9 Å². The Balaban J connectivity index is 0. The monoisotopic (exact) mass is 288 g/mol. The zero-order valence-corrected chi connectivity index (χ0v) is 13.6. The molecule has 0 aliphatic heterocycles. The summed E-state index contributed by atoms with van der Waals surface area (Å²) in [5, 5.41) is 8.41. The number of carboxylic acids is 1. The molecule has 0 saturated carbocycles. The van der Waals surface area contributed by atoms with Gasteiger partial charge in [-0.25, -0.2) is 0 Å². The number of carboxylic acid groups (broad SMARTS) is 1. The van der Waals surface area contributed by atoms with Crippen molar-refractivity contribution in [2.75, 3.05) is 0 Å². The molecule has 0 saturated heterocycles. The molecule has 2 radical (unpaired) electrons. The van der Waals surface area contributed by atoms with Crippen LogP contribution in [-0.2, 0) is 4.79 Å². The quantitative estimate of drug-likeness (QED) is 0.492. The first-order valence-electron chi connectivity index (χ1n) is 5.99. The SMILES string of the molecule is CCCCCCCCCCCC(=O)O.[Sr]. The van der Waals surface area contributed by atoms with Gasteiger partial charge in [0.05, 0.1) is 0 Å². The summed E-state index contributed by atoms with van der Waals surface area (Å²) in [5.74, 6) is -0.659. The van der Waals surface area contributed by atoms with E-state index in [2.05, 4.69) is 6.92 Å². The maximum Gasteiger partial charge on any atom is 0.303 e. The fourth-order valence-electron chi connectivity index (χ4n) is 1.59. The molecule has 1 N–H and O–H groups in total. The first-order valence-corrected chi connectivity index (χ1v) is 5.99. The summed E-state index contributed by atoms with van der Waals surface area (Å²) in [5.41, 5.74) is 0. The predicted octanol–water partition coefficient (Wildman–Crippen LogP) is 3.61. The topological polar surface area (TPSA) is 37.3 Å². The molecule has 0 amide bonds. The molecule has 86 valence electrons. The zero-order chi connectivity index (χ0) is 10.6. The zero-order valence-electron chi connectivity index (χ0n) is 10.1. The maximum absolute atomic E-state index is 10.2. The number of unbranched alkanes of at least 4 members (excludes halogenated alkanes) is 8. The minimum Gasteiger partial charge on any atom is -0.481 e. The van der Waals surface area contributed by atoms with Crippen molar-refractivity contribution in [2.24, 2.45) is 0 Å². The van der Waals surface area contributed by atoms with Crippen molar-refractivity contribution in [2.45, 2.75) is 71.1 Å². The van der Waals surface area contributed by atoms with Gasteiger partial charge < -0.3 is 5.11 Å². The molecule has 0 atom stereocenters. The van der Waals surface area contributed by atoms with E-state index in [0.29, 0.717) is 6.42 Å². The van der Waals surface area contributed by atoms with E-state index in [4.69, 9.17) is 5.11 Å². The van der Waals surface area contributed by atoms with Crippen LogP contribution in [-0.4, -0.2) is 56.6 Å². The third kappa shape index (κ3) is 17.6. The van der Waals surface area contributed by atoms with Crippen LogP contribution in [0.3, 0.4) is 0 Å². The van der Waals surface area contributed by atoms with Crippen molar-refractivity contribution in [3.05, 3.63) is 0 Å². The summed E-state index contributed by atoms with van der Waals surface area (Å²) in [6, 6.07) is 0. The molecule has 0 bridgehead atoms. The summed E-state index contributed by atoms with van der Waals surface area (Å²) < 4.78 is 0. The van der Waals surface area contributed by atoms with Crippen molar-refractivity contribution in [1.29, 1.82) is 0 Å². The van der Waals surface area contributed by atoms with Crippen molar-refractivity contribution in [3.63, 3.8) is 0 Å². The second-order valence-corrected chi connectivity index (χ2v) is 3.97. The van der Waals surface area contributed by atoms with E-state index in [1.165, 1.54) is 44.9 Å². The van der Waals surface area contributed by atoms with Gasteiger partial charge in [0.15, 0.2) is 0 Å². The van der Waals surface area contributed by atoms with Gasteiger partial charge in [-0.15, -0.1) is 0 Å². The van der Waals surface area contributed by atoms with E-state index in [9.17, 15) is 4.79 Å². The average molecular weight is 288 g/mol. The Kier molecular flexibility index (Phi) is 18.3. The molecule has 0 aromatic rings. The van der Waals surface area contributed by atoms with Crippen molar-refractivity contribution in [3.8, 4) is 0 Å². The molecule has 0 unspecified atom stereocenters. The van der Waals surface area contributed by atoms with Crippen LogP contribution >= 0.6 is 0 Å². The Morgan fingerprint density at radius 2 is 1.27 bits per heavy atom. The fourth-order valence-corrected chi connectivity index (χ4v) is 1.59. The molecule has 0 aliphatic rings. The third-order valence-electron chi connectivity index (χ3n) is 2.49. The fraction of sp³-hybridized carbons (Fsp3) is 0.917. The van der Waals surface area contributed by atoms with Gasteiger partial charge in [-0.1, -0.05) is 58.3 Å². The summed E-state index contributed by atoms with van der Waals surface area (Å²) >= 11 is 0. The summed E-state index contributed by atoms with van der Waals surface area (Å²) in [7, 11) is 0. The second-order valence-electron chi connectivity index (χ2n) is 3.97. The van der Waals surface area contributed by atoms with Gasteiger partial charge in [-0.3, -0.25) is 4.79 Å². The molecule has 0 spiro atoms. The minimum absolute atomic E-state index is 0. The van der Waals surface area contributed by atoms with Crippen LogP contribution in [0.25, 0.3) is 0 Å². The van der Waals surface area contributed by atoms with E-state index in [-0.39, 0.29) is 45.5 Å². The predicted molar refractivity (Wildman–Crippen MR) is 65.2 cm³/mol. The Labute approximate surface area is 131 Å². The number of carbonyl (C=O) groups is 1. The van der Waals surface area contributed by atoms with Gasteiger partial charge in [-0.2, -0.15) is 0 Å². The Bertz CT molecular complexity index is 138. The molecule has 0 aromatic carbocycles. The van der Waals surface area contributed by atoms with Crippen molar-refractivity contribution in [1.82, 2.24) is 0 Å². The summed E-state index contributed by atoms with van der Waals surface area (Å²) in [6.07, 6.45) is 11.5. The van der Waals surface area contributed by atoms with Gasteiger partial charge >= 0.3 is 5.97 Å². The van der Waals surface area contributed by atoms with E-state index in [0.717, 1.165) is 12.8 Å². The molecule has 3 heteroatoms. The number of rotatable bonds is 10. The van der Waals surface area contributed by atoms with Crippen molar-refractivity contribution >= 4 is 51.5 Å². The van der Waals surface area contributed by atoms with Gasteiger partial charge in [0.2, 0.25) is 0 Å². The van der Waals surface area contributed by atoms with Gasteiger partial charge in [0.25, 0.3) is 0 Å². The van der Waals surface area contributed by atoms with Crippen molar-refractivity contribution < 1.29 is 9.90 Å². The molecular formula is C12H24O2Sr. The van der Waals surface area contributed by atoms with E-state index in [1.807, 2.05) is 0 Å². The largest absolute Gasteiger partial charge is 0.481 e. The molecule has 0 aromatic heterocycles. The third-order valence-corrected chi connectivity index (χ3v) is 2.49. The number of hydrogen-bond donors (Lipinski definition) is 1. The normalized spacial score (nSPS) is 9.67. The van der Waals surface area contributed by atoms with E-state index in [1.54, 1.807) is 0 Å². The van der Waals surface area contributed by atoms with Crippen LogP contribution in [0.5, 0.6) is 0 Å². The molecule has 0 fully saturated rings. The molecule has 0 heterocycles. The average Bonchev–Trinajstić information content (AvgIpc) is 2.15. The molecule has 2 nitrogen and oxygen atoms in total. The van der Waals surface area contributed by atoms with Crippen LogP contribution in [0.2, 0.25) is 0 Å². The van der Waals surface area contributed by atoms with Crippen LogP contribution in [0.1, 0.15) is 71.1 Å². The smallest absolute Gasteiger partial charge is 0.303 e. The van der Waals surface area contributed by atoms with Gasteiger partial charge in [0.1, 0.15) is 0 Å². The minimum atomic E-state index is -0.659. The van der Waals surface area contributed by atoms with Crippen LogP contribution in [0, 0.1) is 0 Å². The molecule has 15 heavy (non-hydrogen) atoms. The summed E-state index contributed by atoms with van der Waals surface area (Å²) in [6.45, 7) is 2.23. The first kappa shape index (κ1) is 18.3. The second kappa shape index (κ2) is 15.0.